The zero-order valence-electron chi connectivity index (χ0n) is 7.36. The van der Waals surface area contributed by atoms with Crippen molar-refractivity contribution in [3.8, 4) is 0 Å². The molecule has 0 saturated carbocycles. The van der Waals surface area contributed by atoms with Gasteiger partial charge in [0, 0.05) is 16.9 Å². The summed E-state index contributed by atoms with van der Waals surface area (Å²) >= 11 is 3.26. The molecule has 0 saturated heterocycles. The van der Waals surface area contributed by atoms with Crippen molar-refractivity contribution in [2.45, 2.75) is 0 Å². The van der Waals surface area contributed by atoms with Gasteiger partial charge in [-0.05, 0) is 28.1 Å². The van der Waals surface area contributed by atoms with E-state index in [-0.39, 0.29) is 5.56 Å². The summed E-state index contributed by atoms with van der Waals surface area (Å²) in [6.07, 6.45) is 1.64. The number of halogens is 1. The lowest BCUT2D eigenvalue weighted by Gasteiger charge is -2.00. The summed E-state index contributed by atoms with van der Waals surface area (Å²) in [5.41, 5.74) is 1.16. The maximum absolute atomic E-state index is 10.8. The van der Waals surface area contributed by atoms with E-state index in [1.165, 1.54) is 0 Å². The van der Waals surface area contributed by atoms with Crippen molar-refractivity contribution in [1.29, 1.82) is 0 Å². The van der Waals surface area contributed by atoms with Gasteiger partial charge in [0.05, 0.1) is 17.3 Å². The maximum atomic E-state index is 10.8. The van der Waals surface area contributed by atoms with Gasteiger partial charge in [0.15, 0.2) is 0 Å². The summed E-state index contributed by atoms with van der Waals surface area (Å²) in [7, 11) is 1.81. The fourth-order valence-corrected chi connectivity index (χ4v) is 1.97. The Labute approximate surface area is 88.3 Å². The van der Waals surface area contributed by atoms with Crippen LogP contribution in [0.1, 0.15) is 10.4 Å². The van der Waals surface area contributed by atoms with E-state index in [1.54, 1.807) is 23.0 Å². The third-order valence-electron chi connectivity index (χ3n) is 2.10. The Balaban J connectivity index is 2.82. The molecule has 0 amide bonds. The topological polar surface area (TPSA) is 55.1 Å². The molecule has 72 valence electrons. The molecule has 2 rings (SSSR count). The second kappa shape index (κ2) is 3.09. The Bertz CT molecular complexity index is 519. The molecule has 14 heavy (non-hydrogen) atoms. The molecular weight excluding hydrogens is 248 g/mol. The Morgan fingerprint density at radius 1 is 1.57 bits per heavy atom. The summed E-state index contributed by atoms with van der Waals surface area (Å²) in [6.45, 7) is 0. The van der Waals surface area contributed by atoms with E-state index >= 15 is 0 Å². The number of aryl methyl sites for hydroxylation is 1. The van der Waals surface area contributed by atoms with E-state index < -0.39 is 5.97 Å². The lowest BCUT2D eigenvalue weighted by atomic mass is 10.1. The monoisotopic (exact) mass is 254 g/mol. The Morgan fingerprint density at radius 3 is 2.93 bits per heavy atom. The number of hydrogen-bond acceptors (Lipinski definition) is 2. The summed E-state index contributed by atoms with van der Waals surface area (Å²) in [5.74, 6) is -0.942. The van der Waals surface area contributed by atoms with Crippen LogP contribution in [0.5, 0.6) is 0 Å². The molecule has 1 aromatic carbocycles. The smallest absolute Gasteiger partial charge is 0.336 e. The fourth-order valence-electron chi connectivity index (χ4n) is 1.36. The van der Waals surface area contributed by atoms with Gasteiger partial charge >= 0.3 is 5.97 Å². The maximum Gasteiger partial charge on any atom is 0.336 e. The summed E-state index contributed by atoms with van der Waals surface area (Å²) in [4.78, 5) is 10.8. The molecule has 0 spiro atoms. The third kappa shape index (κ3) is 1.21. The van der Waals surface area contributed by atoms with Crippen LogP contribution in [0.2, 0.25) is 0 Å². The van der Waals surface area contributed by atoms with E-state index in [0.717, 1.165) is 10.9 Å². The highest BCUT2D eigenvalue weighted by Gasteiger charge is 2.12. The normalized spacial score (nSPS) is 10.7. The molecule has 1 heterocycles. The first kappa shape index (κ1) is 9.21. The quantitative estimate of drug-likeness (QED) is 0.848. The van der Waals surface area contributed by atoms with Crippen LogP contribution in [0, 0.1) is 0 Å². The molecule has 5 heteroatoms. The number of hydrogen-bond donors (Lipinski definition) is 1. The van der Waals surface area contributed by atoms with E-state index in [0.29, 0.717) is 4.47 Å². The minimum atomic E-state index is -0.942. The number of nitrogens with zero attached hydrogens (tertiary/aromatic N) is 2. The van der Waals surface area contributed by atoms with Crippen LogP contribution in [-0.2, 0) is 7.05 Å². The molecule has 4 nitrogen and oxygen atoms in total. The highest BCUT2D eigenvalue weighted by molar-refractivity contribution is 9.10. The van der Waals surface area contributed by atoms with Crippen molar-refractivity contribution in [1.82, 2.24) is 9.78 Å². The van der Waals surface area contributed by atoms with Crippen LogP contribution in [0.15, 0.2) is 22.8 Å². The van der Waals surface area contributed by atoms with Gasteiger partial charge in [-0.15, -0.1) is 0 Å². The van der Waals surface area contributed by atoms with Crippen LogP contribution in [0.3, 0.4) is 0 Å². The van der Waals surface area contributed by atoms with Gasteiger partial charge in [0.2, 0.25) is 0 Å². The second-order valence-electron chi connectivity index (χ2n) is 2.93. The average Bonchev–Trinajstić information content (AvgIpc) is 2.49. The highest BCUT2D eigenvalue weighted by atomic mass is 79.9. The average molecular weight is 255 g/mol. The van der Waals surface area contributed by atoms with Gasteiger partial charge in [-0.25, -0.2) is 4.79 Å². The van der Waals surface area contributed by atoms with Crippen LogP contribution in [-0.4, -0.2) is 20.9 Å². The summed E-state index contributed by atoms with van der Waals surface area (Å²) in [5, 5.41) is 13.7. The SMILES string of the molecule is Cn1ncc2c(Br)c(C(=O)O)ccc21. The molecule has 0 atom stereocenters. The van der Waals surface area contributed by atoms with Crippen LogP contribution in [0.25, 0.3) is 10.9 Å². The largest absolute Gasteiger partial charge is 0.478 e. The van der Waals surface area contributed by atoms with Gasteiger partial charge in [0.25, 0.3) is 0 Å². The van der Waals surface area contributed by atoms with E-state index in [4.69, 9.17) is 5.11 Å². The van der Waals surface area contributed by atoms with Crippen molar-refractivity contribution in [2.24, 2.45) is 7.05 Å². The predicted octanol–water partition coefficient (Wildman–Crippen LogP) is 2.03. The number of aromatic nitrogens is 2. The summed E-state index contributed by atoms with van der Waals surface area (Å²) < 4.78 is 2.28. The van der Waals surface area contributed by atoms with Gasteiger partial charge < -0.3 is 5.11 Å². The van der Waals surface area contributed by atoms with Crippen molar-refractivity contribution >= 4 is 32.8 Å². The van der Waals surface area contributed by atoms with Gasteiger partial charge in [0.1, 0.15) is 0 Å². The standard InChI is InChI=1S/C9H7BrN2O2/c1-12-7-3-2-5(9(13)14)8(10)6(7)4-11-12/h2-4H,1H3,(H,13,14). The number of carboxylic acid groups (broad SMARTS) is 1. The first-order valence-electron chi connectivity index (χ1n) is 3.95. The zero-order chi connectivity index (χ0) is 10.3. The molecule has 1 aromatic heterocycles. The molecule has 0 aliphatic carbocycles. The highest BCUT2D eigenvalue weighted by Crippen LogP contribution is 2.27. The molecule has 0 unspecified atom stereocenters. The van der Waals surface area contributed by atoms with Gasteiger partial charge in [-0.2, -0.15) is 5.10 Å². The molecular formula is C9H7BrN2O2. The molecule has 0 radical (unpaired) electrons. The van der Waals surface area contributed by atoms with E-state index in [2.05, 4.69) is 21.0 Å². The first-order chi connectivity index (χ1) is 6.61. The fraction of sp³-hybridized carbons (Fsp3) is 0.111. The van der Waals surface area contributed by atoms with Crippen LogP contribution in [0.4, 0.5) is 0 Å². The number of carboxylic acids is 1. The van der Waals surface area contributed by atoms with Gasteiger partial charge in [-0.1, -0.05) is 0 Å². The second-order valence-corrected chi connectivity index (χ2v) is 3.73. The minimum absolute atomic E-state index is 0.255. The molecule has 0 aliphatic heterocycles. The zero-order valence-corrected chi connectivity index (χ0v) is 8.95. The number of rotatable bonds is 1. The molecule has 1 N–H and O–H groups in total. The molecule has 0 aliphatic rings. The van der Waals surface area contributed by atoms with Crippen molar-refractivity contribution in [2.75, 3.05) is 0 Å². The number of carbonyl (C=O) groups is 1. The lowest BCUT2D eigenvalue weighted by molar-refractivity contribution is 0.0696. The Morgan fingerprint density at radius 2 is 2.29 bits per heavy atom. The van der Waals surface area contributed by atoms with Crippen molar-refractivity contribution in [3.05, 3.63) is 28.4 Å². The Hall–Kier alpha value is -1.36. The van der Waals surface area contributed by atoms with Gasteiger partial charge in [-0.3, -0.25) is 4.68 Å². The van der Waals surface area contributed by atoms with E-state index in [9.17, 15) is 4.79 Å². The predicted molar refractivity (Wildman–Crippen MR) is 55.4 cm³/mol. The van der Waals surface area contributed by atoms with Crippen LogP contribution >= 0.6 is 15.9 Å². The lowest BCUT2D eigenvalue weighted by Crippen LogP contribution is -1.97. The Kier molecular flexibility index (Phi) is 2.03. The molecule has 0 fully saturated rings. The molecule has 2 aromatic rings. The number of benzene rings is 1. The van der Waals surface area contributed by atoms with Crippen molar-refractivity contribution < 1.29 is 9.90 Å². The minimum Gasteiger partial charge on any atom is -0.478 e. The van der Waals surface area contributed by atoms with E-state index in [1.807, 2.05) is 7.05 Å². The summed E-state index contributed by atoms with van der Waals surface area (Å²) in [6, 6.07) is 3.31. The van der Waals surface area contributed by atoms with Crippen molar-refractivity contribution in [3.63, 3.8) is 0 Å². The number of aromatic carboxylic acids is 1. The first-order valence-corrected chi connectivity index (χ1v) is 4.74. The third-order valence-corrected chi connectivity index (χ3v) is 2.95. The molecule has 0 bridgehead atoms. The van der Waals surface area contributed by atoms with Crippen LogP contribution < -0.4 is 0 Å². The number of fused-ring (bicyclic) bond motifs is 1.